The van der Waals surface area contributed by atoms with Gasteiger partial charge >= 0.3 is 0 Å². The van der Waals surface area contributed by atoms with Crippen molar-refractivity contribution in [1.82, 2.24) is 9.88 Å². The Hall–Kier alpha value is -1.44. The van der Waals surface area contributed by atoms with E-state index in [0.717, 1.165) is 29.5 Å². The van der Waals surface area contributed by atoms with Gasteiger partial charge in [-0.3, -0.25) is 4.90 Å². The number of hydrogen-bond acceptors (Lipinski definition) is 6. The second kappa shape index (κ2) is 7.21. The molecule has 7 heteroatoms. The maximum absolute atomic E-state index is 11.7. The Morgan fingerprint density at radius 3 is 2.71 bits per heavy atom. The molecule has 2 heterocycles. The van der Waals surface area contributed by atoms with Crippen LogP contribution in [-0.2, 0) is 16.4 Å². The van der Waals surface area contributed by atoms with Crippen molar-refractivity contribution in [3.8, 4) is 0 Å². The van der Waals surface area contributed by atoms with Gasteiger partial charge in [-0.1, -0.05) is 24.6 Å². The first-order valence-electron chi connectivity index (χ1n) is 8.18. The lowest BCUT2D eigenvalue weighted by atomic mass is 10.2. The number of nitrogens with zero attached hydrogens (tertiary/aromatic N) is 2. The summed E-state index contributed by atoms with van der Waals surface area (Å²) in [6, 6.07) is 8.33. The Morgan fingerprint density at radius 2 is 2.08 bits per heavy atom. The van der Waals surface area contributed by atoms with Gasteiger partial charge in [0, 0.05) is 23.7 Å². The van der Waals surface area contributed by atoms with Gasteiger partial charge in [0.2, 0.25) is 0 Å². The van der Waals surface area contributed by atoms with Crippen LogP contribution in [0.4, 0.5) is 10.8 Å². The summed E-state index contributed by atoms with van der Waals surface area (Å²) < 4.78 is 23.4. The maximum atomic E-state index is 11.7. The topological polar surface area (TPSA) is 62.3 Å². The first-order chi connectivity index (χ1) is 11.4. The van der Waals surface area contributed by atoms with Crippen LogP contribution in [0.15, 0.2) is 29.6 Å². The summed E-state index contributed by atoms with van der Waals surface area (Å²) in [6.07, 6.45) is 0.731. The van der Waals surface area contributed by atoms with Crippen LogP contribution >= 0.6 is 11.3 Å². The third-order valence-electron chi connectivity index (χ3n) is 4.35. The monoisotopic (exact) mass is 365 g/mol. The van der Waals surface area contributed by atoms with E-state index in [1.807, 2.05) is 17.5 Å². The average Bonchev–Trinajstić information content (AvgIpc) is 3.13. The standard InChI is InChI=1S/C17H23N3O2S2/c1-3-20(16-8-9-24(21,22)12-16)10-15-11-23-17(19-15)18-14-6-4-13(2)5-7-14/h4-7,11,16H,3,8-10,12H2,1-2H3,(H,18,19)/t16-/m1/s1. The Bertz CT molecular complexity index is 784. The average molecular weight is 366 g/mol. The third kappa shape index (κ3) is 4.34. The van der Waals surface area contributed by atoms with Gasteiger partial charge in [-0.15, -0.1) is 11.3 Å². The molecule has 0 unspecified atom stereocenters. The molecule has 1 saturated heterocycles. The van der Waals surface area contributed by atoms with E-state index in [1.165, 1.54) is 5.56 Å². The van der Waals surface area contributed by atoms with E-state index < -0.39 is 9.84 Å². The zero-order chi connectivity index (χ0) is 17.2. The number of nitrogens with one attached hydrogen (secondary N) is 1. The molecule has 1 aromatic heterocycles. The summed E-state index contributed by atoms with van der Waals surface area (Å²) in [7, 11) is -2.85. The highest BCUT2D eigenvalue weighted by molar-refractivity contribution is 7.91. The number of anilines is 2. The van der Waals surface area contributed by atoms with Gasteiger partial charge in [0.05, 0.1) is 17.2 Å². The molecule has 130 valence electrons. The van der Waals surface area contributed by atoms with E-state index in [1.54, 1.807) is 11.3 Å². The molecule has 1 fully saturated rings. The summed E-state index contributed by atoms with van der Waals surface area (Å²) in [5.41, 5.74) is 3.24. The van der Waals surface area contributed by atoms with Crippen molar-refractivity contribution >= 4 is 32.0 Å². The molecule has 1 N–H and O–H groups in total. The van der Waals surface area contributed by atoms with Crippen LogP contribution < -0.4 is 5.32 Å². The van der Waals surface area contributed by atoms with Crippen LogP contribution in [0, 0.1) is 6.92 Å². The van der Waals surface area contributed by atoms with Gasteiger partial charge in [0.25, 0.3) is 0 Å². The van der Waals surface area contributed by atoms with E-state index in [-0.39, 0.29) is 11.8 Å². The fourth-order valence-electron chi connectivity index (χ4n) is 2.97. The molecule has 1 atom stereocenters. The first kappa shape index (κ1) is 17.4. The van der Waals surface area contributed by atoms with E-state index >= 15 is 0 Å². The zero-order valence-corrected chi connectivity index (χ0v) is 15.7. The molecule has 24 heavy (non-hydrogen) atoms. The predicted octanol–water partition coefficient (Wildman–Crippen LogP) is 3.20. The number of thiazole rings is 1. The summed E-state index contributed by atoms with van der Waals surface area (Å²) >= 11 is 1.58. The Kier molecular flexibility index (Phi) is 5.22. The molecule has 1 aromatic carbocycles. The van der Waals surface area contributed by atoms with Crippen molar-refractivity contribution in [2.45, 2.75) is 32.9 Å². The minimum atomic E-state index is -2.85. The molecule has 0 radical (unpaired) electrons. The minimum Gasteiger partial charge on any atom is -0.332 e. The number of rotatable bonds is 6. The van der Waals surface area contributed by atoms with Crippen LogP contribution in [0.1, 0.15) is 24.6 Å². The van der Waals surface area contributed by atoms with E-state index in [2.05, 4.69) is 41.2 Å². The lowest BCUT2D eigenvalue weighted by Gasteiger charge is -2.25. The van der Waals surface area contributed by atoms with Crippen molar-refractivity contribution in [2.75, 3.05) is 23.4 Å². The highest BCUT2D eigenvalue weighted by Crippen LogP contribution is 2.24. The number of aryl methyl sites for hydroxylation is 1. The lowest BCUT2D eigenvalue weighted by Crippen LogP contribution is -2.35. The van der Waals surface area contributed by atoms with Crippen LogP contribution in [-0.4, -0.2) is 42.4 Å². The number of benzene rings is 1. The van der Waals surface area contributed by atoms with Crippen molar-refractivity contribution in [3.63, 3.8) is 0 Å². The molecule has 0 saturated carbocycles. The second-order valence-corrected chi connectivity index (χ2v) is 9.34. The van der Waals surface area contributed by atoms with E-state index in [9.17, 15) is 8.42 Å². The summed E-state index contributed by atoms with van der Waals surface area (Å²) in [6.45, 7) is 5.66. The Morgan fingerprint density at radius 1 is 1.33 bits per heavy atom. The van der Waals surface area contributed by atoms with Gasteiger partial charge in [0.15, 0.2) is 15.0 Å². The molecule has 3 rings (SSSR count). The van der Waals surface area contributed by atoms with Crippen molar-refractivity contribution in [2.24, 2.45) is 0 Å². The lowest BCUT2D eigenvalue weighted by molar-refractivity contribution is 0.213. The summed E-state index contributed by atoms with van der Waals surface area (Å²) in [4.78, 5) is 6.86. The third-order valence-corrected chi connectivity index (χ3v) is 6.91. The zero-order valence-electron chi connectivity index (χ0n) is 14.0. The highest BCUT2D eigenvalue weighted by atomic mass is 32.2. The van der Waals surface area contributed by atoms with Gasteiger partial charge in [-0.05, 0) is 32.0 Å². The second-order valence-electron chi connectivity index (χ2n) is 6.25. The molecule has 0 spiro atoms. The first-order valence-corrected chi connectivity index (χ1v) is 10.9. The van der Waals surface area contributed by atoms with E-state index in [4.69, 9.17) is 0 Å². The van der Waals surface area contributed by atoms with Gasteiger partial charge in [0.1, 0.15) is 0 Å². The number of hydrogen-bond donors (Lipinski definition) is 1. The minimum absolute atomic E-state index is 0.121. The maximum Gasteiger partial charge on any atom is 0.187 e. The summed E-state index contributed by atoms with van der Waals surface area (Å²) in [5.74, 6) is 0.588. The number of sulfone groups is 1. The molecule has 0 bridgehead atoms. The van der Waals surface area contributed by atoms with Crippen LogP contribution in [0.25, 0.3) is 0 Å². The van der Waals surface area contributed by atoms with Crippen molar-refractivity contribution in [1.29, 1.82) is 0 Å². The van der Waals surface area contributed by atoms with Gasteiger partial charge < -0.3 is 5.32 Å². The smallest absolute Gasteiger partial charge is 0.187 e. The van der Waals surface area contributed by atoms with Crippen LogP contribution in [0.3, 0.4) is 0 Å². The fraction of sp³-hybridized carbons (Fsp3) is 0.471. The number of aromatic nitrogens is 1. The fourth-order valence-corrected chi connectivity index (χ4v) is 5.45. The highest BCUT2D eigenvalue weighted by Gasteiger charge is 2.31. The largest absolute Gasteiger partial charge is 0.332 e. The molecule has 0 aliphatic carbocycles. The molecule has 2 aromatic rings. The normalized spacial score (nSPS) is 19.7. The molecule has 0 amide bonds. The SMILES string of the molecule is CCN(Cc1csc(Nc2ccc(C)cc2)n1)[C@@H]1CCS(=O)(=O)C1. The molecular formula is C17H23N3O2S2. The molecule has 1 aliphatic rings. The van der Waals surface area contributed by atoms with Gasteiger partial charge in [-0.25, -0.2) is 13.4 Å². The Labute approximate surface area is 147 Å². The molecule has 1 aliphatic heterocycles. The predicted molar refractivity (Wildman–Crippen MR) is 99.7 cm³/mol. The van der Waals surface area contributed by atoms with Gasteiger partial charge in [-0.2, -0.15) is 0 Å². The Balaban J connectivity index is 1.63. The van der Waals surface area contributed by atoms with Crippen LogP contribution in [0.5, 0.6) is 0 Å². The van der Waals surface area contributed by atoms with Crippen molar-refractivity contribution < 1.29 is 8.42 Å². The molecule has 5 nitrogen and oxygen atoms in total. The molecular weight excluding hydrogens is 342 g/mol. The van der Waals surface area contributed by atoms with Crippen molar-refractivity contribution in [3.05, 3.63) is 40.9 Å². The van der Waals surface area contributed by atoms with E-state index in [0.29, 0.717) is 12.3 Å². The van der Waals surface area contributed by atoms with Crippen LogP contribution in [0.2, 0.25) is 0 Å². The quantitative estimate of drug-likeness (QED) is 0.852. The summed E-state index contributed by atoms with van der Waals surface area (Å²) in [5, 5.41) is 6.23.